The van der Waals surface area contributed by atoms with E-state index in [0.717, 1.165) is 26.0 Å². The molecule has 1 heterocycles. The predicted molar refractivity (Wildman–Crippen MR) is 89.8 cm³/mol. The molecule has 2 rings (SSSR count). The van der Waals surface area contributed by atoms with Crippen LogP contribution in [0.3, 0.4) is 0 Å². The highest BCUT2D eigenvalue weighted by molar-refractivity contribution is 5.31. The molecule has 2 heteroatoms. The van der Waals surface area contributed by atoms with E-state index in [1.165, 1.54) is 17.5 Å². The van der Waals surface area contributed by atoms with Crippen molar-refractivity contribution < 1.29 is 4.74 Å². The molecule has 2 unspecified atom stereocenters. The zero-order valence-corrected chi connectivity index (χ0v) is 14.3. The van der Waals surface area contributed by atoms with Crippen LogP contribution in [0.1, 0.15) is 65.0 Å². The fourth-order valence-corrected chi connectivity index (χ4v) is 3.10. The first-order chi connectivity index (χ1) is 9.85. The second-order valence-electron chi connectivity index (χ2n) is 7.55. The van der Waals surface area contributed by atoms with Crippen LogP contribution in [0.15, 0.2) is 24.3 Å². The molecule has 1 saturated heterocycles. The zero-order chi connectivity index (χ0) is 15.5. The lowest BCUT2D eigenvalue weighted by atomic mass is 9.82. The van der Waals surface area contributed by atoms with E-state index in [1.807, 2.05) is 0 Å². The summed E-state index contributed by atoms with van der Waals surface area (Å²) < 4.78 is 6.15. The molecule has 0 amide bonds. The molecule has 0 aromatic heterocycles. The highest BCUT2D eigenvalue weighted by Crippen LogP contribution is 2.35. The summed E-state index contributed by atoms with van der Waals surface area (Å²) in [5.41, 5.74) is 2.74. The van der Waals surface area contributed by atoms with E-state index < -0.39 is 0 Å². The third-order valence-corrected chi connectivity index (χ3v) is 4.57. The maximum Gasteiger partial charge on any atom is 0.0918 e. The Balaban J connectivity index is 2.11. The maximum atomic E-state index is 6.15. The van der Waals surface area contributed by atoms with E-state index in [4.69, 9.17) is 4.74 Å². The average Bonchev–Trinajstić information content (AvgIpc) is 2.44. The van der Waals surface area contributed by atoms with E-state index in [-0.39, 0.29) is 11.0 Å². The minimum absolute atomic E-state index is 0.153. The van der Waals surface area contributed by atoms with Gasteiger partial charge in [-0.2, -0.15) is 0 Å². The number of hydrogen-bond acceptors (Lipinski definition) is 2. The first-order valence-corrected chi connectivity index (χ1v) is 8.33. The summed E-state index contributed by atoms with van der Waals surface area (Å²) in [5.74, 6) is 0. The Kier molecular flexibility index (Phi) is 5.11. The van der Waals surface area contributed by atoms with Gasteiger partial charge in [-0.1, -0.05) is 52.0 Å². The fourth-order valence-electron chi connectivity index (χ4n) is 3.10. The molecule has 1 aromatic rings. The fraction of sp³-hybridized carbons (Fsp3) is 0.684. The van der Waals surface area contributed by atoms with Crippen molar-refractivity contribution in [3.05, 3.63) is 35.4 Å². The Morgan fingerprint density at radius 1 is 1.24 bits per heavy atom. The van der Waals surface area contributed by atoms with Crippen molar-refractivity contribution in [2.45, 2.75) is 70.9 Å². The van der Waals surface area contributed by atoms with Gasteiger partial charge in [0.2, 0.25) is 0 Å². The van der Waals surface area contributed by atoms with Crippen molar-refractivity contribution in [1.82, 2.24) is 5.32 Å². The van der Waals surface area contributed by atoms with Gasteiger partial charge in [0.25, 0.3) is 0 Å². The van der Waals surface area contributed by atoms with Gasteiger partial charge >= 0.3 is 0 Å². The van der Waals surface area contributed by atoms with Crippen molar-refractivity contribution in [2.75, 3.05) is 13.2 Å². The molecule has 0 saturated carbocycles. The summed E-state index contributed by atoms with van der Waals surface area (Å²) >= 11 is 0. The van der Waals surface area contributed by atoms with Crippen LogP contribution in [0.4, 0.5) is 0 Å². The summed E-state index contributed by atoms with van der Waals surface area (Å²) in [4.78, 5) is 0. The number of hydrogen-bond donors (Lipinski definition) is 1. The lowest BCUT2D eigenvalue weighted by Gasteiger charge is -2.39. The van der Waals surface area contributed by atoms with Crippen LogP contribution in [0.2, 0.25) is 0 Å². The molecule has 0 spiro atoms. The highest BCUT2D eigenvalue weighted by atomic mass is 16.5. The van der Waals surface area contributed by atoms with Gasteiger partial charge in [-0.25, -0.2) is 0 Å². The van der Waals surface area contributed by atoms with Crippen molar-refractivity contribution in [2.24, 2.45) is 0 Å². The van der Waals surface area contributed by atoms with Gasteiger partial charge in [0.1, 0.15) is 0 Å². The van der Waals surface area contributed by atoms with E-state index in [2.05, 4.69) is 64.2 Å². The molecule has 0 radical (unpaired) electrons. The first kappa shape index (κ1) is 16.5. The second kappa shape index (κ2) is 6.50. The number of benzene rings is 1. The van der Waals surface area contributed by atoms with Gasteiger partial charge in [0.05, 0.1) is 5.60 Å². The number of ether oxygens (including phenoxy) is 1. The molecular formula is C19H31NO. The normalized spacial score (nSPS) is 26.8. The molecule has 1 N–H and O–H groups in total. The monoisotopic (exact) mass is 289 g/mol. The Hall–Kier alpha value is -0.860. The predicted octanol–water partition coefficient (Wildman–Crippen LogP) is 4.38. The van der Waals surface area contributed by atoms with Crippen LogP contribution in [0.5, 0.6) is 0 Å². The quantitative estimate of drug-likeness (QED) is 0.888. The number of nitrogens with one attached hydrogen (secondary N) is 1. The van der Waals surface area contributed by atoms with Crippen molar-refractivity contribution in [3.8, 4) is 0 Å². The molecule has 21 heavy (non-hydrogen) atoms. The molecule has 0 bridgehead atoms. The smallest absolute Gasteiger partial charge is 0.0918 e. The van der Waals surface area contributed by atoms with Gasteiger partial charge in [-0.15, -0.1) is 0 Å². The standard InChI is InChI=1S/C19H31NO/c1-6-12-20-17-11-13-21-19(5,14-17)16-9-7-15(8-10-16)18(2,3)4/h7-10,17,20H,6,11-14H2,1-5H3. The van der Waals surface area contributed by atoms with E-state index >= 15 is 0 Å². The third kappa shape index (κ3) is 4.08. The van der Waals surface area contributed by atoms with Crippen molar-refractivity contribution in [3.63, 3.8) is 0 Å². The summed E-state index contributed by atoms with van der Waals surface area (Å²) in [6.45, 7) is 13.2. The minimum Gasteiger partial charge on any atom is -0.370 e. The topological polar surface area (TPSA) is 21.3 Å². The van der Waals surface area contributed by atoms with Crippen LogP contribution in [-0.2, 0) is 15.8 Å². The van der Waals surface area contributed by atoms with Crippen LogP contribution in [0.25, 0.3) is 0 Å². The summed E-state index contributed by atoms with van der Waals surface area (Å²) in [6, 6.07) is 9.59. The SMILES string of the molecule is CCCNC1CCOC(C)(c2ccc(C(C)(C)C)cc2)C1. The Bertz CT molecular complexity index is 446. The van der Waals surface area contributed by atoms with Crippen LogP contribution >= 0.6 is 0 Å². The van der Waals surface area contributed by atoms with Crippen molar-refractivity contribution in [1.29, 1.82) is 0 Å². The van der Waals surface area contributed by atoms with E-state index in [0.29, 0.717) is 6.04 Å². The molecular weight excluding hydrogens is 258 g/mol. The Labute approximate surface area is 130 Å². The van der Waals surface area contributed by atoms with Crippen molar-refractivity contribution >= 4 is 0 Å². The molecule has 2 nitrogen and oxygen atoms in total. The third-order valence-electron chi connectivity index (χ3n) is 4.57. The van der Waals surface area contributed by atoms with E-state index in [1.54, 1.807) is 0 Å². The van der Waals surface area contributed by atoms with Gasteiger partial charge in [-0.3, -0.25) is 0 Å². The number of rotatable bonds is 4. The largest absolute Gasteiger partial charge is 0.370 e. The minimum atomic E-state index is -0.153. The maximum absolute atomic E-state index is 6.15. The van der Waals surface area contributed by atoms with Gasteiger partial charge in [-0.05, 0) is 49.3 Å². The molecule has 1 aliphatic heterocycles. The first-order valence-electron chi connectivity index (χ1n) is 8.33. The van der Waals surface area contributed by atoms with Gasteiger partial charge in [0, 0.05) is 12.6 Å². The molecule has 1 aliphatic rings. The average molecular weight is 289 g/mol. The summed E-state index contributed by atoms with van der Waals surface area (Å²) in [5, 5.41) is 3.65. The molecule has 118 valence electrons. The zero-order valence-electron chi connectivity index (χ0n) is 14.3. The van der Waals surface area contributed by atoms with Crippen LogP contribution in [-0.4, -0.2) is 19.2 Å². The molecule has 2 atom stereocenters. The van der Waals surface area contributed by atoms with Gasteiger partial charge in [0.15, 0.2) is 0 Å². The Morgan fingerprint density at radius 2 is 1.90 bits per heavy atom. The molecule has 0 aliphatic carbocycles. The molecule has 1 aromatic carbocycles. The lowest BCUT2D eigenvalue weighted by molar-refractivity contribution is -0.0812. The van der Waals surface area contributed by atoms with Crippen LogP contribution < -0.4 is 5.32 Å². The van der Waals surface area contributed by atoms with Crippen LogP contribution in [0, 0.1) is 0 Å². The highest BCUT2D eigenvalue weighted by Gasteiger charge is 2.34. The van der Waals surface area contributed by atoms with E-state index in [9.17, 15) is 0 Å². The van der Waals surface area contributed by atoms with Gasteiger partial charge < -0.3 is 10.1 Å². The summed E-state index contributed by atoms with van der Waals surface area (Å²) in [7, 11) is 0. The Morgan fingerprint density at radius 3 is 2.48 bits per heavy atom. The molecule has 1 fully saturated rings. The second-order valence-corrected chi connectivity index (χ2v) is 7.55. The summed E-state index contributed by atoms with van der Waals surface area (Å²) in [6.07, 6.45) is 3.37. The lowest BCUT2D eigenvalue weighted by Crippen LogP contribution is -2.44.